The van der Waals surface area contributed by atoms with Gasteiger partial charge in [-0.3, -0.25) is 14.5 Å². The van der Waals surface area contributed by atoms with Gasteiger partial charge in [0, 0.05) is 18.3 Å². The Bertz CT molecular complexity index is 1060. The van der Waals surface area contributed by atoms with E-state index in [1.165, 1.54) is 4.90 Å². The van der Waals surface area contributed by atoms with Gasteiger partial charge >= 0.3 is 0 Å². The zero-order valence-corrected chi connectivity index (χ0v) is 17.8. The van der Waals surface area contributed by atoms with E-state index >= 15 is 0 Å². The largest absolute Gasteiger partial charge is 0.490 e. The molecule has 1 heterocycles. The second kappa shape index (κ2) is 10.0. The van der Waals surface area contributed by atoms with Crippen LogP contribution in [0.4, 0.5) is 5.69 Å². The Kier molecular flexibility index (Phi) is 6.70. The van der Waals surface area contributed by atoms with Crippen molar-refractivity contribution in [3.63, 3.8) is 0 Å². The quantitative estimate of drug-likeness (QED) is 0.287. The van der Waals surface area contributed by atoms with Crippen LogP contribution in [0.5, 0.6) is 11.5 Å². The maximum atomic E-state index is 12.4. The van der Waals surface area contributed by atoms with Gasteiger partial charge in [-0.05, 0) is 49.1 Å². The van der Waals surface area contributed by atoms with Crippen LogP contribution in [0.2, 0.25) is 0 Å². The molecule has 6 nitrogen and oxygen atoms in total. The molecule has 32 heavy (non-hydrogen) atoms. The van der Waals surface area contributed by atoms with Crippen molar-refractivity contribution in [1.29, 1.82) is 0 Å². The number of benzene rings is 3. The van der Waals surface area contributed by atoms with E-state index in [0.29, 0.717) is 48.1 Å². The number of imide groups is 1. The summed E-state index contributed by atoms with van der Waals surface area (Å²) in [5.41, 5.74) is 8.57. The number of carbonyl (C=O) groups excluding carboxylic acids is 2. The molecule has 0 bridgehead atoms. The number of rotatable bonds is 10. The number of amides is 2. The van der Waals surface area contributed by atoms with Crippen LogP contribution >= 0.6 is 0 Å². The molecule has 2 N–H and O–H groups in total. The van der Waals surface area contributed by atoms with Crippen LogP contribution in [0.1, 0.15) is 45.5 Å². The maximum Gasteiger partial charge on any atom is 0.261 e. The fraction of sp³-hybridized carbons (Fsp3) is 0.231. The number of unbranched alkanes of at least 4 members (excludes halogenated alkanes) is 2. The third kappa shape index (κ3) is 4.91. The van der Waals surface area contributed by atoms with Crippen molar-refractivity contribution in [3.05, 3.63) is 89.5 Å². The Hall–Kier alpha value is -3.80. The van der Waals surface area contributed by atoms with E-state index in [1.54, 1.807) is 36.4 Å². The molecule has 164 valence electrons. The molecule has 3 aromatic carbocycles. The Balaban J connectivity index is 1.22. The number of hydrogen-bond acceptors (Lipinski definition) is 5. The highest BCUT2D eigenvalue weighted by atomic mass is 16.5. The van der Waals surface area contributed by atoms with E-state index in [0.717, 1.165) is 24.8 Å². The van der Waals surface area contributed by atoms with E-state index in [9.17, 15) is 9.59 Å². The molecule has 0 aromatic heterocycles. The van der Waals surface area contributed by atoms with Gasteiger partial charge in [0.25, 0.3) is 11.8 Å². The van der Waals surface area contributed by atoms with Crippen LogP contribution in [-0.2, 0) is 6.61 Å². The zero-order chi connectivity index (χ0) is 22.3. The number of anilines is 1. The first-order valence-corrected chi connectivity index (χ1v) is 10.8. The monoisotopic (exact) mass is 430 g/mol. The van der Waals surface area contributed by atoms with Gasteiger partial charge in [0.05, 0.1) is 17.7 Å². The van der Waals surface area contributed by atoms with Crippen LogP contribution in [0.25, 0.3) is 0 Å². The van der Waals surface area contributed by atoms with Crippen molar-refractivity contribution < 1.29 is 19.1 Å². The van der Waals surface area contributed by atoms with Crippen LogP contribution in [0, 0.1) is 0 Å². The van der Waals surface area contributed by atoms with Crippen molar-refractivity contribution in [3.8, 4) is 11.5 Å². The molecule has 0 fully saturated rings. The molecule has 0 atom stereocenters. The Morgan fingerprint density at radius 2 is 1.41 bits per heavy atom. The molecule has 6 heteroatoms. The molecule has 3 aromatic rings. The SMILES string of the molecule is Nc1ccc(OCCCCCN2C(=O)c3ccccc3C2=O)c(OCc2ccccc2)c1. The lowest BCUT2D eigenvalue weighted by Crippen LogP contribution is -2.30. The molecule has 4 rings (SSSR count). The normalized spacial score (nSPS) is 12.7. The number of hydrogen-bond donors (Lipinski definition) is 1. The molecular weight excluding hydrogens is 404 g/mol. The smallest absolute Gasteiger partial charge is 0.261 e. The van der Waals surface area contributed by atoms with Crippen LogP contribution < -0.4 is 15.2 Å². The minimum atomic E-state index is -0.205. The highest BCUT2D eigenvalue weighted by Crippen LogP contribution is 2.30. The number of nitrogens with zero attached hydrogens (tertiary/aromatic N) is 1. The number of nitrogen functional groups attached to an aromatic ring is 1. The van der Waals surface area contributed by atoms with Crippen LogP contribution in [-0.4, -0.2) is 29.9 Å². The van der Waals surface area contributed by atoms with Gasteiger partial charge in [0.15, 0.2) is 11.5 Å². The molecule has 2 amide bonds. The Morgan fingerprint density at radius 1 is 0.719 bits per heavy atom. The van der Waals surface area contributed by atoms with E-state index in [4.69, 9.17) is 15.2 Å². The molecule has 1 aliphatic rings. The minimum absolute atomic E-state index is 0.205. The molecule has 0 radical (unpaired) electrons. The van der Waals surface area contributed by atoms with Crippen molar-refractivity contribution in [2.45, 2.75) is 25.9 Å². The zero-order valence-electron chi connectivity index (χ0n) is 17.8. The van der Waals surface area contributed by atoms with Crippen LogP contribution in [0.15, 0.2) is 72.8 Å². The summed E-state index contributed by atoms with van der Waals surface area (Å²) in [7, 11) is 0. The summed E-state index contributed by atoms with van der Waals surface area (Å²) in [5, 5.41) is 0. The highest BCUT2D eigenvalue weighted by Gasteiger charge is 2.34. The first-order chi connectivity index (χ1) is 15.6. The number of carbonyl (C=O) groups is 2. The minimum Gasteiger partial charge on any atom is -0.490 e. The number of fused-ring (bicyclic) bond motifs is 1. The summed E-state index contributed by atoms with van der Waals surface area (Å²) < 4.78 is 11.8. The summed E-state index contributed by atoms with van der Waals surface area (Å²) in [6.07, 6.45) is 2.36. The summed E-state index contributed by atoms with van der Waals surface area (Å²) in [4.78, 5) is 26.1. The van der Waals surface area contributed by atoms with Gasteiger partial charge in [0.1, 0.15) is 6.61 Å². The molecule has 0 saturated carbocycles. The predicted octanol–water partition coefficient (Wildman–Crippen LogP) is 4.69. The first-order valence-electron chi connectivity index (χ1n) is 10.8. The van der Waals surface area contributed by atoms with E-state index < -0.39 is 0 Å². The Morgan fingerprint density at radius 3 is 2.12 bits per heavy atom. The Labute approximate surface area is 187 Å². The van der Waals surface area contributed by atoms with E-state index in [2.05, 4.69) is 0 Å². The molecule has 0 aliphatic carbocycles. The van der Waals surface area contributed by atoms with E-state index in [1.807, 2.05) is 36.4 Å². The van der Waals surface area contributed by atoms with Gasteiger partial charge in [-0.15, -0.1) is 0 Å². The van der Waals surface area contributed by atoms with Gasteiger partial charge in [-0.25, -0.2) is 0 Å². The highest BCUT2D eigenvalue weighted by molar-refractivity contribution is 6.21. The summed E-state index contributed by atoms with van der Waals surface area (Å²) in [5.74, 6) is 0.850. The van der Waals surface area contributed by atoms with Gasteiger partial charge in [-0.1, -0.05) is 42.5 Å². The second-order valence-corrected chi connectivity index (χ2v) is 7.70. The third-order valence-corrected chi connectivity index (χ3v) is 5.37. The van der Waals surface area contributed by atoms with Crippen molar-refractivity contribution in [2.24, 2.45) is 0 Å². The summed E-state index contributed by atoms with van der Waals surface area (Å²) in [6.45, 7) is 1.36. The lowest BCUT2D eigenvalue weighted by atomic mass is 10.1. The lowest BCUT2D eigenvalue weighted by Gasteiger charge is -2.15. The maximum absolute atomic E-state index is 12.4. The third-order valence-electron chi connectivity index (χ3n) is 5.37. The summed E-state index contributed by atoms with van der Waals surface area (Å²) in [6, 6.07) is 22.2. The first kappa shape index (κ1) is 21.4. The second-order valence-electron chi connectivity index (χ2n) is 7.70. The average Bonchev–Trinajstić information content (AvgIpc) is 3.06. The molecule has 1 aliphatic heterocycles. The van der Waals surface area contributed by atoms with Crippen molar-refractivity contribution in [2.75, 3.05) is 18.9 Å². The lowest BCUT2D eigenvalue weighted by molar-refractivity contribution is 0.0651. The molecule has 0 saturated heterocycles. The van der Waals surface area contributed by atoms with E-state index in [-0.39, 0.29) is 11.8 Å². The molecular formula is C26H26N2O4. The number of nitrogens with two attached hydrogens (primary N) is 1. The molecule has 0 unspecified atom stereocenters. The van der Waals surface area contributed by atoms with Crippen LogP contribution in [0.3, 0.4) is 0 Å². The topological polar surface area (TPSA) is 81.9 Å². The fourth-order valence-electron chi connectivity index (χ4n) is 3.67. The van der Waals surface area contributed by atoms with Crippen molar-refractivity contribution in [1.82, 2.24) is 4.90 Å². The average molecular weight is 431 g/mol. The standard InChI is InChI=1S/C26H26N2O4/c27-20-13-14-23(24(17-20)32-18-19-9-3-1-4-10-19)31-16-8-2-7-15-28-25(29)21-11-5-6-12-22(21)26(28)30/h1,3-6,9-14,17H,2,7-8,15-16,18,27H2. The molecule has 0 spiro atoms. The fourth-order valence-corrected chi connectivity index (χ4v) is 3.67. The number of ether oxygens (including phenoxy) is 2. The van der Waals surface area contributed by atoms with Crippen molar-refractivity contribution >= 4 is 17.5 Å². The summed E-state index contributed by atoms with van der Waals surface area (Å²) >= 11 is 0. The predicted molar refractivity (Wildman–Crippen MR) is 123 cm³/mol. The van der Waals surface area contributed by atoms with Gasteiger partial charge in [-0.2, -0.15) is 0 Å². The van der Waals surface area contributed by atoms with Gasteiger partial charge < -0.3 is 15.2 Å². The van der Waals surface area contributed by atoms with Gasteiger partial charge in [0.2, 0.25) is 0 Å².